The van der Waals surface area contributed by atoms with E-state index in [2.05, 4.69) is 17.4 Å². The topological polar surface area (TPSA) is 71.4 Å². The SMILES string of the molecule is CC[C@H](C)n1cc(C(=O)NCCCc2ccccc2)c(=O)c(C(=O)N2CCCCCC2)c1. The maximum atomic E-state index is 13.2. The van der Waals surface area contributed by atoms with Crippen molar-refractivity contribution in [1.82, 2.24) is 14.8 Å². The minimum Gasteiger partial charge on any atom is -0.352 e. The minimum atomic E-state index is -0.473. The van der Waals surface area contributed by atoms with Crippen LogP contribution in [0.15, 0.2) is 47.5 Å². The molecule has 1 atom stereocenters. The number of hydrogen-bond donors (Lipinski definition) is 1. The van der Waals surface area contributed by atoms with Crippen LogP contribution >= 0.6 is 0 Å². The first-order valence-corrected chi connectivity index (χ1v) is 11.9. The normalized spacial score (nSPS) is 15.1. The van der Waals surface area contributed by atoms with Crippen molar-refractivity contribution in [3.63, 3.8) is 0 Å². The van der Waals surface area contributed by atoms with Crippen molar-refractivity contribution in [3.05, 3.63) is 69.6 Å². The summed E-state index contributed by atoms with van der Waals surface area (Å²) < 4.78 is 1.84. The quantitative estimate of drug-likeness (QED) is 0.629. The van der Waals surface area contributed by atoms with E-state index in [-0.39, 0.29) is 23.1 Å². The van der Waals surface area contributed by atoms with Crippen molar-refractivity contribution >= 4 is 11.8 Å². The molecule has 1 aromatic carbocycles. The van der Waals surface area contributed by atoms with Crippen LogP contribution in [0.5, 0.6) is 0 Å². The van der Waals surface area contributed by atoms with Crippen LogP contribution in [0.25, 0.3) is 0 Å². The molecule has 32 heavy (non-hydrogen) atoms. The van der Waals surface area contributed by atoms with Gasteiger partial charge in [-0.1, -0.05) is 50.1 Å². The lowest BCUT2D eigenvalue weighted by atomic mass is 10.1. The summed E-state index contributed by atoms with van der Waals surface area (Å²) in [4.78, 5) is 41.1. The molecule has 6 heteroatoms. The number of carbonyl (C=O) groups is 2. The van der Waals surface area contributed by atoms with Crippen LogP contribution in [0.4, 0.5) is 0 Å². The zero-order valence-electron chi connectivity index (χ0n) is 19.3. The number of pyridine rings is 1. The fourth-order valence-corrected chi connectivity index (χ4v) is 4.06. The number of hydrogen-bond acceptors (Lipinski definition) is 3. The first kappa shape index (κ1) is 23.8. The Morgan fingerprint density at radius 2 is 1.66 bits per heavy atom. The van der Waals surface area contributed by atoms with Crippen molar-refractivity contribution in [2.24, 2.45) is 0 Å². The second-order valence-corrected chi connectivity index (χ2v) is 8.67. The molecule has 1 N–H and O–H groups in total. The maximum absolute atomic E-state index is 13.2. The molecule has 172 valence electrons. The largest absolute Gasteiger partial charge is 0.352 e. The van der Waals surface area contributed by atoms with Gasteiger partial charge in [-0.3, -0.25) is 14.4 Å². The highest BCUT2D eigenvalue weighted by Crippen LogP contribution is 2.15. The molecule has 1 fully saturated rings. The minimum absolute atomic E-state index is 0.0469. The molecule has 2 amide bonds. The van der Waals surface area contributed by atoms with Gasteiger partial charge in [0.05, 0.1) is 0 Å². The highest BCUT2D eigenvalue weighted by molar-refractivity contribution is 5.99. The molecule has 1 saturated heterocycles. The Kier molecular flexibility index (Phi) is 8.65. The Morgan fingerprint density at radius 3 is 2.31 bits per heavy atom. The third kappa shape index (κ3) is 6.09. The number of nitrogens with zero attached hydrogens (tertiary/aromatic N) is 2. The first-order valence-electron chi connectivity index (χ1n) is 11.9. The van der Waals surface area contributed by atoms with Gasteiger partial charge in [0.1, 0.15) is 11.1 Å². The Balaban J connectivity index is 1.77. The summed E-state index contributed by atoms with van der Waals surface area (Å²) in [5.41, 5.74) is 0.889. The van der Waals surface area contributed by atoms with Gasteiger partial charge in [0.2, 0.25) is 5.43 Å². The summed E-state index contributed by atoms with van der Waals surface area (Å²) in [6, 6.07) is 10.2. The van der Waals surface area contributed by atoms with Crippen LogP contribution in [0.2, 0.25) is 0 Å². The average Bonchev–Trinajstić information content (AvgIpc) is 3.11. The standard InChI is InChI=1S/C26H35N3O3/c1-3-20(2)29-18-22(25(31)27-15-11-14-21-12-7-6-8-13-21)24(30)23(19-29)26(32)28-16-9-4-5-10-17-28/h6-8,12-13,18-20H,3-5,9-11,14-17H2,1-2H3,(H,27,31)/t20-/m0/s1. The summed E-state index contributed by atoms with van der Waals surface area (Å²) >= 11 is 0. The molecule has 0 bridgehead atoms. The molecule has 3 rings (SSSR count). The maximum Gasteiger partial charge on any atom is 0.259 e. The summed E-state index contributed by atoms with van der Waals surface area (Å²) in [5, 5.41) is 2.87. The van der Waals surface area contributed by atoms with E-state index in [4.69, 9.17) is 0 Å². The smallest absolute Gasteiger partial charge is 0.259 e. The van der Waals surface area contributed by atoms with Gasteiger partial charge in [-0.2, -0.15) is 0 Å². The Bertz CT molecular complexity index is 960. The van der Waals surface area contributed by atoms with Crippen LogP contribution in [-0.4, -0.2) is 40.9 Å². The predicted molar refractivity (Wildman–Crippen MR) is 127 cm³/mol. The Morgan fingerprint density at radius 1 is 1.00 bits per heavy atom. The third-order valence-electron chi connectivity index (χ3n) is 6.28. The van der Waals surface area contributed by atoms with E-state index >= 15 is 0 Å². The second kappa shape index (κ2) is 11.7. The van der Waals surface area contributed by atoms with Gasteiger partial charge in [0.15, 0.2) is 0 Å². The summed E-state index contributed by atoms with van der Waals surface area (Å²) in [6.45, 7) is 5.87. The van der Waals surface area contributed by atoms with Gasteiger partial charge in [0.25, 0.3) is 11.8 Å². The van der Waals surface area contributed by atoms with E-state index in [9.17, 15) is 14.4 Å². The van der Waals surface area contributed by atoms with Crippen LogP contribution < -0.4 is 10.7 Å². The van der Waals surface area contributed by atoms with Crippen molar-refractivity contribution in [1.29, 1.82) is 0 Å². The van der Waals surface area contributed by atoms with Crippen molar-refractivity contribution in [2.45, 2.75) is 64.8 Å². The molecular formula is C26H35N3O3. The molecule has 2 aromatic rings. The van der Waals surface area contributed by atoms with Crippen molar-refractivity contribution in [2.75, 3.05) is 19.6 Å². The Hall–Kier alpha value is -2.89. The molecule has 0 unspecified atom stereocenters. The number of carbonyl (C=O) groups excluding carboxylic acids is 2. The van der Waals surface area contributed by atoms with Crippen molar-refractivity contribution < 1.29 is 9.59 Å². The number of aryl methyl sites for hydroxylation is 1. The van der Waals surface area contributed by atoms with E-state index in [1.54, 1.807) is 17.3 Å². The number of benzene rings is 1. The molecule has 0 saturated carbocycles. The lowest BCUT2D eigenvalue weighted by molar-refractivity contribution is 0.0759. The van der Waals surface area contributed by atoms with Gasteiger partial charge in [-0.15, -0.1) is 0 Å². The van der Waals surface area contributed by atoms with Crippen LogP contribution in [0.1, 0.15) is 84.7 Å². The van der Waals surface area contributed by atoms with Gasteiger partial charge in [-0.25, -0.2) is 0 Å². The molecule has 1 aliphatic heterocycles. The van der Waals surface area contributed by atoms with Crippen molar-refractivity contribution in [3.8, 4) is 0 Å². The highest BCUT2D eigenvalue weighted by atomic mass is 16.2. The van der Waals surface area contributed by atoms with Crippen LogP contribution in [0, 0.1) is 0 Å². The lowest BCUT2D eigenvalue weighted by Crippen LogP contribution is -2.38. The fourth-order valence-electron chi connectivity index (χ4n) is 4.06. The van der Waals surface area contributed by atoms with E-state index < -0.39 is 11.3 Å². The lowest BCUT2D eigenvalue weighted by Gasteiger charge is -2.22. The van der Waals surface area contributed by atoms with E-state index in [1.807, 2.05) is 36.6 Å². The number of likely N-dealkylation sites (tertiary alicyclic amines) is 1. The number of rotatable bonds is 8. The molecule has 0 spiro atoms. The van der Waals surface area contributed by atoms with Gasteiger partial charge < -0.3 is 14.8 Å². The highest BCUT2D eigenvalue weighted by Gasteiger charge is 2.24. The number of nitrogens with one attached hydrogen (secondary N) is 1. The fraction of sp³-hybridized carbons (Fsp3) is 0.500. The molecule has 2 heterocycles. The van der Waals surface area contributed by atoms with E-state index in [0.717, 1.165) is 44.9 Å². The molecule has 0 radical (unpaired) electrons. The first-order chi connectivity index (χ1) is 15.5. The zero-order valence-corrected chi connectivity index (χ0v) is 19.3. The number of amides is 2. The number of aromatic nitrogens is 1. The molecule has 0 aliphatic carbocycles. The summed E-state index contributed by atoms with van der Waals surface area (Å²) in [6.07, 6.45) is 9.81. The monoisotopic (exact) mass is 437 g/mol. The average molecular weight is 438 g/mol. The summed E-state index contributed by atoms with van der Waals surface area (Å²) in [7, 11) is 0. The molecular weight excluding hydrogens is 402 g/mol. The molecule has 1 aliphatic rings. The van der Waals surface area contributed by atoms with Gasteiger partial charge in [-0.05, 0) is 44.6 Å². The van der Waals surface area contributed by atoms with E-state index in [0.29, 0.717) is 19.6 Å². The predicted octanol–water partition coefficient (Wildman–Crippen LogP) is 4.20. The second-order valence-electron chi connectivity index (χ2n) is 8.67. The Labute approximate surface area is 190 Å². The molecule has 1 aromatic heterocycles. The zero-order chi connectivity index (χ0) is 22.9. The van der Waals surface area contributed by atoms with Gasteiger partial charge >= 0.3 is 0 Å². The van der Waals surface area contributed by atoms with Crippen LogP contribution in [0.3, 0.4) is 0 Å². The van der Waals surface area contributed by atoms with Crippen LogP contribution in [-0.2, 0) is 6.42 Å². The van der Waals surface area contributed by atoms with E-state index in [1.165, 1.54) is 5.56 Å². The summed E-state index contributed by atoms with van der Waals surface area (Å²) in [5.74, 6) is -0.668. The van der Waals surface area contributed by atoms with Gasteiger partial charge in [0, 0.05) is 38.1 Å². The molecule has 6 nitrogen and oxygen atoms in total. The third-order valence-corrected chi connectivity index (χ3v) is 6.28.